The molecule has 1 spiro atoms. The second-order valence-corrected chi connectivity index (χ2v) is 6.88. The monoisotopic (exact) mass is 309 g/mol. The molecule has 4 heterocycles. The summed E-state index contributed by atoms with van der Waals surface area (Å²) in [6.45, 7) is 6.52. The molecule has 1 atom stereocenters. The molecule has 0 saturated carbocycles. The lowest BCUT2D eigenvalue weighted by Gasteiger charge is -2.40. The highest BCUT2D eigenvalue weighted by molar-refractivity contribution is 5.57. The van der Waals surface area contributed by atoms with Crippen LogP contribution in [0.2, 0.25) is 0 Å². The summed E-state index contributed by atoms with van der Waals surface area (Å²) in [7, 11) is 0. The van der Waals surface area contributed by atoms with Crippen molar-refractivity contribution in [1.82, 2.24) is 20.3 Å². The number of pyridine rings is 1. The third-order valence-electron chi connectivity index (χ3n) is 5.08. The Kier molecular flexibility index (Phi) is 3.73. The predicted molar refractivity (Wildman–Crippen MR) is 91.4 cm³/mol. The van der Waals surface area contributed by atoms with E-state index in [-0.39, 0.29) is 0 Å². The Morgan fingerprint density at radius 3 is 3.00 bits per heavy atom. The summed E-state index contributed by atoms with van der Waals surface area (Å²) in [5, 5.41) is 3.54. The van der Waals surface area contributed by atoms with E-state index in [4.69, 9.17) is 4.98 Å². The van der Waals surface area contributed by atoms with E-state index in [9.17, 15) is 0 Å². The van der Waals surface area contributed by atoms with Gasteiger partial charge in [-0.3, -0.25) is 4.98 Å². The maximum atomic E-state index is 4.84. The molecule has 0 aromatic carbocycles. The molecule has 120 valence electrons. The summed E-state index contributed by atoms with van der Waals surface area (Å²) >= 11 is 0. The van der Waals surface area contributed by atoms with Gasteiger partial charge in [0.25, 0.3) is 0 Å². The lowest BCUT2D eigenvalue weighted by Crippen LogP contribution is -2.45. The largest absolute Gasteiger partial charge is 0.356 e. The van der Waals surface area contributed by atoms with Crippen LogP contribution in [0.4, 0.5) is 5.82 Å². The normalized spacial score (nSPS) is 24.3. The molecule has 0 unspecified atom stereocenters. The second-order valence-electron chi connectivity index (χ2n) is 6.88. The number of hydrogen-bond acceptors (Lipinski definition) is 5. The van der Waals surface area contributed by atoms with Crippen molar-refractivity contribution in [3.05, 3.63) is 36.3 Å². The lowest BCUT2D eigenvalue weighted by atomic mass is 9.79. The van der Waals surface area contributed by atoms with Gasteiger partial charge in [-0.05, 0) is 44.9 Å². The van der Waals surface area contributed by atoms with Gasteiger partial charge in [-0.15, -0.1) is 0 Å². The minimum absolute atomic E-state index is 0.436. The fourth-order valence-electron chi connectivity index (χ4n) is 3.89. The fourth-order valence-corrected chi connectivity index (χ4v) is 3.89. The van der Waals surface area contributed by atoms with Gasteiger partial charge in [0.15, 0.2) is 5.82 Å². The van der Waals surface area contributed by atoms with Crippen molar-refractivity contribution in [3.8, 4) is 11.4 Å². The van der Waals surface area contributed by atoms with Crippen LogP contribution < -0.4 is 10.2 Å². The zero-order valence-corrected chi connectivity index (χ0v) is 13.6. The van der Waals surface area contributed by atoms with Crippen molar-refractivity contribution in [2.24, 2.45) is 5.41 Å². The van der Waals surface area contributed by atoms with Crippen LogP contribution in [0.1, 0.15) is 25.0 Å². The first kappa shape index (κ1) is 14.6. The van der Waals surface area contributed by atoms with Gasteiger partial charge >= 0.3 is 0 Å². The molecule has 0 bridgehead atoms. The van der Waals surface area contributed by atoms with Gasteiger partial charge in [-0.1, -0.05) is 0 Å². The van der Waals surface area contributed by atoms with Gasteiger partial charge in [0.2, 0.25) is 0 Å². The molecule has 4 rings (SSSR count). The highest BCUT2D eigenvalue weighted by Crippen LogP contribution is 2.37. The maximum Gasteiger partial charge on any atom is 0.163 e. The number of anilines is 1. The lowest BCUT2D eigenvalue weighted by molar-refractivity contribution is 0.260. The smallest absolute Gasteiger partial charge is 0.163 e. The van der Waals surface area contributed by atoms with Crippen molar-refractivity contribution >= 4 is 5.82 Å². The van der Waals surface area contributed by atoms with Gasteiger partial charge in [0.1, 0.15) is 5.82 Å². The minimum atomic E-state index is 0.436. The standard InChI is InChI=1S/C18H23N5/c1-14-10-16(22-17(21-14)15-4-2-7-19-11-15)23-9-3-5-18(13-23)6-8-20-12-18/h2,4,7,10-11,20H,3,5-6,8-9,12-13H2,1H3/t18-/m0/s1. The molecule has 23 heavy (non-hydrogen) atoms. The quantitative estimate of drug-likeness (QED) is 0.923. The van der Waals surface area contributed by atoms with E-state index in [1.165, 1.54) is 19.3 Å². The summed E-state index contributed by atoms with van der Waals surface area (Å²) < 4.78 is 0. The van der Waals surface area contributed by atoms with Crippen LogP contribution in [0, 0.1) is 12.3 Å². The molecule has 2 aliphatic heterocycles. The van der Waals surface area contributed by atoms with Crippen LogP contribution in [-0.4, -0.2) is 41.1 Å². The van der Waals surface area contributed by atoms with E-state index in [0.29, 0.717) is 5.41 Å². The minimum Gasteiger partial charge on any atom is -0.356 e. The number of aryl methyl sites for hydroxylation is 1. The van der Waals surface area contributed by atoms with E-state index < -0.39 is 0 Å². The average molecular weight is 309 g/mol. The topological polar surface area (TPSA) is 53.9 Å². The Labute approximate surface area is 137 Å². The molecular formula is C18H23N5. The molecule has 1 N–H and O–H groups in total. The molecule has 2 aromatic heterocycles. The van der Waals surface area contributed by atoms with Crippen molar-refractivity contribution in [2.45, 2.75) is 26.2 Å². The van der Waals surface area contributed by atoms with E-state index in [1.807, 2.05) is 25.3 Å². The van der Waals surface area contributed by atoms with Crippen molar-refractivity contribution in [2.75, 3.05) is 31.1 Å². The van der Waals surface area contributed by atoms with Crippen LogP contribution in [0.5, 0.6) is 0 Å². The van der Waals surface area contributed by atoms with Crippen LogP contribution >= 0.6 is 0 Å². The first-order chi connectivity index (χ1) is 11.2. The molecule has 2 fully saturated rings. The van der Waals surface area contributed by atoms with Crippen LogP contribution in [0.15, 0.2) is 30.6 Å². The number of nitrogens with zero attached hydrogens (tertiary/aromatic N) is 4. The molecule has 2 aliphatic rings. The molecule has 0 aliphatic carbocycles. The molecule has 0 radical (unpaired) electrons. The summed E-state index contributed by atoms with van der Waals surface area (Å²) in [4.78, 5) is 16.1. The number of piperidine rings is 1. The van der Waals surface area contributed by atoms with Crippen LogP contribution in [0.3, 0.4) is 0 Å². The Balaban J connectivity index is 1.65. The van der Waals surface area contributed by atoms with E-state index in [1.54, 1.807) is 6.20 Å². The Morgan fingerprint density at radius 1 is 1.26 bits per heavy atom. The SMILES string of the molecule is Cc1cc(N2CCC[C@@]3(CCNC3)C2)nc(-c2cccnc2)n1. The van der Waals surface area contributed by atoms with Gasteiger partial charge in [-0.25, -0.2) is 9.97 Å². The zero-order chi connectivity index (χ0) is 15.7. The highest BCUT2D eigenvalue weighted by Gasteiger charge is 2.38. The zero-order valence-electron chi connectivity index (χ0n) is 13.6. The summed E-state index contributed by atoms with van der Waals surface area (Å²) in [6.07, 6.45) is 7.46. The highest BCUT2D eigenvalue weighted by atomic mass is 15.2. The fraction of sp³-hybridized carbons (Fsp3) is 0.500. The van der Waals surface area contributed by atoms with E-state index >= 15 is 0 Å². The molecule has 0 amide bonds. The number of nitrogens with one attached hydrogen (secondary N) is 1. The maximum absolute atomic E-state index is 4.84. The Bertz CT molecular complexity index is 679. The molecule has 2 aromatic rings. The first-order valence-corrected chi connectivity index (χ1v) is 8.46. The second kappa shape index (κ2) is 5.89. The third-order valence-corrected chi connectivity index (χ3v) is 5.08. The summed E-state index contributed by atoms with van der Waals surface area (Å²) in [5.74, 6) is 1.83. The van der Waals surface area contributed by atoms with Crippen molar-refractivity contribution in [1.29, 1.82) is 0 Å². The molecule has 5 nitrogen and oxygen atoms in total. The van der Waals surface area contributed by atoms with Gasteiger partial charge < -0.3 is 10.2 Å². The van der Waals surface area contributed by atoms with Crippen molar-refractivity contribution < 1.29 is 0 Å². The molecule has 5 heteroatoms. The predicted octanol–water partition coefficient (Wildman–Crippen LogP) is 2.43. The van der Waals surface area contributed by atoms with Gasteiger partial charge in [0.05, 0.1) is 0 Å². The number of rotatable bonds is 2. The van der Waals surface area contributed by atoms with Crippen molar-refractivity contribution in [3.63, 3.8) is 0 Å². The molecular weight excluding hydrogens is 286 g/mol. The van der Waals surface area contributed by atoms with Gasteiger partial charge in [-0.2, -0.15) is 0 Å². The van der Waals surface area contributed by atoms with Gasteiger partial charge in [0, 0.05) is 54.8 Å². The summed E-state index contributed by atoms with van der Waals surface area (Å²) in [5.41, 5.74) is 2.43. The Morgan fingerprint density at radius 2 is 2.22 bits per heavy atom. The third kappa shape index (κ3) is 2.93. The Hall–Kier alpha value is -2.01. The summed E-state index contributed by atoms with van der Waals surface area (Å²) in [6, 6.07) is 6.06. The number of aromatic nitrogens is 3. The van der Waals surface area contributed by atoms with E-state index in [2.05, 4.69) is 26.3 Å². The van der Waals surface area contributed by atoms with Crippen LogP contribution in [-0.2, 0) is 0 Å². The average Bonchev–Trinajstić information content (AvgIpc) is 3.03. The first-order valence-electron chi connectivity index (χ1n) is 8.46. The van der Waals surface area contributed by atoms with E-state index in [0.717, 1.165) is 49.1 Å². The number of hydrogen-bond donors (Lipinski definition) is 1. The van der Waals surface area contributed by atoms with Crippen LogP contribution in [0.25, 0.3) is 11.4 Å². The molecule has 2 saturated heterocycles.